The Morgan fingerprint density at radius 3 is 2.16 bits per heavy atom. The first-order valence-corrected chi connectivity index (χ1v) is 9.49. The molecular weight excluding hydrogens is 334 g/mol. The van der Waals surface area contributed by atoms with Crippen LogP contribution in [0.15, 0.2) is 58.3 Å². The average molecular weight is 357 g/mol. The number of rotatable bonds is 6. The van der Waals surface area contributed by atoms with Gasteiger partial charge in [-0.05, 0) is 31.5 Å². The Balaban J connectivity index is 1.88. The normalized spacial score (nSPS) is 19.2. The van der Waals surface area contributed by atoms with Crippen LogP contribution in [0.3, 0.4) is 0 Å². The van der Waals surface area contributed by atoms with Crippen molar-refractivity contribution in [3.63, 3.8) is 0 Å². The largest absolute Gasteiger partial charge is 0.461 e. The second-order valence-corrected chi connectivity index (χ2v) is 8.35. The minimum absolute atomic E-state index is 0.137. The van der Waals surface area contributed by atoms with Gasteiger partial charge in [-0.25, -0.2) is 4.21 Å². The lowest BCUT2D eigenvalue weighted by Gasteiger charge is -2.14. The molecule has 2 aromatic rings. The molecule has 2 unspecified atom stereocenters. The minimum Gasteiger partial charge on any atom is -0.461 e. The van der Waals surface area contributed by atoms with Gasteiger partial charge in [0.05, 0.1) is 15.7 Å². The van der Waals surface area contributed by atoms with Crippen molar-refractivity contribution in [2.24, 2.45) is 0 Å². The van der Waals surface area contributed by atoms with E-state index >= 15 is 0 Å². The molecule has 2 atom stereocenters. The molecule has 1 aliphatic heterocycles. The first-order chi connectivity index (χ1) is 11.9. The van der Waals surface area contributed by atoms with E-state index in [1.807, 2.05) is 48.5 Å². The molecule has 0 radical (unpaired) electrons. The Morgan fingerprint density at radius 2 is 1.60 bits per heavy atom. The highest BCUT2D eigenvalue weighted by molar-refractivity contribution is 7.85. The third kappa shape index (κ3) is 4.17. The summed E-state index contributed by atoms with van der Waals surface area (Å²) < 4.78 is 18.4. The highest BCUT2D eigenvalue weighted by atomic mass is 32.2. The van der Waals surface area contributed by atoms with Crippen molar-refractivity contribution in [1.82, 2.24) is 4.90 Å². The fraction of sp³-hybridized carbons (Fsp3) is 0.350. The first kappa shape index (κ1) is 17.8. The van der Waals surface area contributed by atoms with Crippen LogP contribution in [-0.4, -0.2) is 27.2 Å². The Labute approximate surface area is 151 Å². The molecule has 0 saturated carbocycles. The van der Waals surface area contributed by atoms with Crippen LogP contribution >= 0.6 is 0 Å². The molecule has 0 aliphatic carbocycles. The number of esters is 1. The van der Waals surface area contributed by atoms with Gasteiger partial charge >= 0.3 is 5.97 Å². The maximum absolute atomic E-state index is 13.2. The molecule has 3 rings (SSSR count). The predicted molar refractivity (Wildman–Crippen MR) is 97.5 cm³/mol. The van der Waals surface area contributed by atoms with Crippen LogP contribution in [0.25, 0.3) is 0 Å². The molecule has 5 heteroatoms. The molecular formula is C20H23NO3S. The molecule has 0 amide bonds. The van der Waals surface area contributed by atoms with E-state index in [0.29, 0.717) is 4.90 Å². The summed E-state index contributed by atoms with van der Waals surface area (Å²) in [6.45, 7) is 7.78. The van der Waals surface area contributed by atoms with Crippen LogP contribution in [0.2, 0.25) is 0 Å². The zero-order valence-corrected chi connectivity index (χ0v) is 15.6. The van der Waals surface area contributed by atoms with Gasteiger partial charge in [0.1, 0.15) is 6.61 Å². The lowest BCUT2D eigenvalue weighted by atomic mass is 10.2. The van der Waals surface area contributed by atoms with E-state index in [9.17, 15) is 9.00 Å². The van der Waals surface area contributed by atoms with Gasteiger partial charge in [-0.1, -0.05) is 36.4 Å². The van der Waals surface area contributed by atoms with Crippen LogP contribution in [0.5, 0.6) is 0 Å². The summed E-state index contributed by atoms with van der Waals surface area (Å²) in [5, 5.41) is 0. The molecule has 2 aromatic carbocycles. The van der Waals surface area contributed by atoms with Crippen molar-refractivity contribution in [2.75, 3.05) is 6.54 Å². The van der Waals surface area contributed by atoms with Gasteiger partial charge in [0, 0.05) is 36.0 Å². The van der Waals surface area contributed by atoms with Crippen molar-refractivity contribution < 1.29 is 13.7 Å². The molecule has 1 fully saturated rings. The number of nitrogens with zero attached hydrogens (tertiary/aromatic N) is 1. The van der Waals surface area contributed by atoms with Crippen molar-refractivity contribution in [3.8, 4) is 0 Å². The predicted octanol–water partition coefficient (Wildman–Crippen LogP) is 3.51. The topological polar surface area (TPSA) is 46.4 Å². The van der Waals surface area contributed by atoms with Crippen molar-refractivity contribution in [2.45, 2.75) is 49.3 Å². The van der Waals surface area contributed by atoms with Gasteiger partial charge in [0.15, 0.2) is 0 Å². The summed E-state index contributed by atoms with van der Waals surface area (Å²) >= 11 is 0. The van der Waals surface area contributed by atoms with Crippen LogP contribution in [0, 0.1) is 0 Å². The van der Waals surface area contributed by atoms with Gasteiger partial charge in [-0.3, -0.25) is 9.69 Å². The Hall–Kier alpha value is -1.98. The molecule has 1 heterocycles. The second kappa shape index (κ2) is 7.10. The molecule has 4 nitrogen and oxygen atoms in total. The number of hydrogen-bond donors (Lipinski definition) is 0. The fourth-order valence-corrected chi connectivity index (χ4v) is 4.20. The molecule has 0 N–H and O–H groups in total. The molecule has 0 aromatic heterocycles. The van der Waals surface area contributed by atoms with Crippen molar-refractivity contribution in [3.05, 3.63) is 59.7 Å². The monoisotopic (exact) mass is 357 g/mol. The van der Waals surface area contributed by atoms with Gasteiger partial charge in [-0.2, -0.15) is 0 Å². The Morgan fingerprint density at radius 1 is 1.08 bits per heavy atom. The van der Waals surface area contributed by atoms with E-state index in [0.717, 1.165) is 29.1 Å². The minimum atomic E-state index is -1.32. The lowest BCUT2D eigenvalue weighted by molar-refractivity contribution is -0.142. The fourth-order valence-electron chi connectivity index (χ4n) is 2.82. The van der Waals surface area contributed by atoms with Crippen LogP contribution < -0.4 is 0 Å². The molecule has 1 saturated heterocycles. The van der Waals surface area contributed by atoms with Gasteiger partial charge in [0.2, 0.25) is 0 Å². The standard InChI is InChI=1S/C20H23NO3S/c1-15(22)24-13-17-9-5-7-11-19(17)25(23)18-10-6-4-8-16(18)12-21-14-20(21,2)3/h4-11H,12-14H2,1-3H3. The summed E-state index contributed by atoms with van der Waals surface area (Å²) in [5.74, 6) is -0.343. The molecule has 1 aliphatic rings. The summed E-state index contributed by atoms with van der Waals surface area (Å²) in [7, 11) is -1.32. The first-order valence-electron chi connectivity index (χ1n) is 8.34. The zero-order chi connectivity index (χ0) is 18.0. The van der Waals surface area contributed by atoms with Crippen LogP contribution in [0.4, 0.5) is 0 Å². The number of carbonyl (C=O) groups excluding carboxylic acids is 1. The third-order valence-corrected chi connectivity index (χ3v) is 6.06. The van der Waals surface area contributed by atoms with Crippen molar-refractivity contribution >= 4 is 16.8 Å². The maximum Gasteiger partial charge on any atom is 0.302 e. The number of benzene rings is 2. The number of hydrogen-bond acceptors (Lipinski definition) is 4. The SMILES string of the molecule is CC(=O)OCc1ccccc1S(=O)c1ccccc1CN1CC1(C)C. The lowest BCUT2D eigenvalue weighted by Crippen LogP contribution is -2.11. The van der Waals surface area contributed by atoms with E-state index in [-0.39, 0.29) is 18.1 Å². The van der Waals surface area contributed by atoms with E-state index < -0.39 is 10.8 Å². The van der Waals surface area contributed by atoms with Crippen LogP contribution in [0.1, 0.15) is 31.9 Å². The number of carbonyl (C=O) groups is 1. The van der Waals surface area contributed by atoms with E-state index in [2.05, 4.69) is 18.7 Å². The second-order valence-electron chi connectivity index (χ2n) is 6.93. The molecule has 25 heavy (non-hydrogen) atoms. The molecule has 0 bridgehead atoms. The van der Waals surface area contributed by atoms with E-state index in [1.165, 1.54) is 6.92 Å². The average Bonchev–Trinajstić information content (AvgIpc) is 3.19. The summed E-state index contributed by atoms with van der Waals surface area (Å²) in [5.41, 5.74) is 2.08. The number of ether oxygens (including phenoxy) is 1. The van der Waals surface area contributed by atoms with Gasteiger partial charge in [-0.15, -0.1) is 0 Å². The quantitative estimate of drug-likeness (QED) is 0.586. The third-order valence-electron chi connectivity index (χ3n) is 4.47. The highest BCUT2D eigenvalue weighted by Crippen LogP contribution is 2.34. The maximum atomic E-state index is 13.2. The summed E-state index contributed by atoms with van der Waals surface area (Å²) in [6.07, 6.45) is 0. The highest BCUT2D eigenvalue weighted by Gasteiger charge is 2.42. The molecule has 132 valence electrons. The zero-order valence-electron chi connectivity index (χ0n) is 14.8. The Kier molecular flexibility index (Phi) is 5.06. The molecule has 0 spiro atoms. The Bertz CT molecular complexity index is 816. The van der Waals surface area contributed by atoms with Crippen LogP contribution in [-0.2, 0) is 33.5 Å². The van der Waals surface area contributed by atoms with E-state index in [4.69, 9.17) is 4.74 Å². The van der Waals surface area contributed by atoms with Gasteiger partial charge in [0.25, 0.3) is 0 Å². The van der Waals surface area contributed by atoms with E-state index in [1.54, 1.807) is 0 Å². The smallest absolute Gasteiger partial charge is 0.302 e. The van der Waals surface area contributed by atoms with Gasteiger partial charge < -0.3 is 4.74 Å². The van der Waals surface area contributed by atoms with Crippen molar-refractivity contribution in [1.29, 1.82) is 0 Å². The summed E-state index contributed by atoms with van der Waals surface area (Å²) in [4.78, 5) is 15.0. The summed E-state index contributed by atoms with van der Waals surface area (Å²) in [6, 6.07) is 15.3.